The Morgan fingerprint density at radius 3 is 2.95 bits per heavy atom. The van der Waals surface area contributed by atoms with E-state index in [2.05, 4.69) is 10.3 Å². The molecule has 1 aromatic rings. The summed E-state index contributed by atoms with van der Waals surface area (Å²) >= 11 is 1.46. The average molecular weight is 299 g/mol. The third kappa shape index (κ3) is 3.67. The molecule has 0 unspecified atom stereocenters. The van der Waals surface area contributed by atoms with Crippen molar-refractivity contribution in [3.63, 3.8) is 0 Å². The van der Waals surface area contributed by atoms with Crippen molar-refractivity contribution in [2.24, 2.45) is 0 Å². The molecule has 0 spiro atoms. The van der Waals surface area contributed by atoms with Crippen molar-refractivity contribution >= 4 is 28.5 Å². The van der Waals surface area contributed by atoms with Crippen molar-refractivity contribution in [3.05, 3.63) is 10.6 Å². The Labute approximate surface area is 120 Å². The molecule has 20 heavy (non-hydrogen) atoms. The van der Waals surface area contributed by atoms with Crippen LogP contribution < -0.4 is 5.32 Å². The predicted molar refractivity (Wildman–Crippen MR) is 74.2 cm³/mol. The van der Waals surface area contributed by atoms with Crippen LogP contribution in [0.5, 0.6) is 0 Å². The minimum Gasteiger partial charge on any atom is -0.480 e. The van der Waals surface area contributed by atoms with E-state index in [0.717, 1.165) is 25.0 Å². The molecule has 1 aliphatic rings. The smallest absolute Gasteiger partial charge is 0.324 e. The van der Waals surface area contributed by atoms with E-state index in [1.165, 1.54) is 28.2 Å². The number of urea groups is 1. The Morgan fingerprint density at radius 1 is 1.50 bits per heavy atom. The summed E-state index contributed by atoms with van der Waals surface area (Å²) in [6, 6.07) is -0.461. The van der Waals surface area contributed by atoms with Crippen molar-refractivity contribution in [3.8, 4) is 0 Å². The van der Waals surface area contributed by atoms with E-state index in [9.17, 15) is 9.59 Å². The molecule has 110 valence electrons. The topological polar surface area (TPSA) is 91.8 Å². The molecule has 0 aromatic carbocycles. The van der Waals surface area contributed by atoms with Gasteiger partial charge in [0.05, 0.1) is 12.3 Å². The van der Waals surface area contributed by atoms with E-state index < -0.39 is 12.0 Å². The molecule has 0 aliphatic heterocycles. The maximum Gasteiger partial charge on any atom is 0.324 e. The minimum absolute atomic E-state index is 0.222. The second kappa shape index (κ2) is 6.67. The number of fused-ring (bicyclic) bond motifs is 1. The maximum absolute atomic E-state index is 12.0. The minimum atomic E-state index is -1.06. The van der Waals surface area contributed by atoms with E-state index >= 15 is 0 Å². The molecule has 1 heterocycles. The number of amides is 2. The number of anilines is 1. The number of aliphatic carboxylic acids is 1. The molecular formula is C12H17N3O4S. The van der Waals surface area contributed by atoms with Gasteiger partial charge in [0.15, 0.2) is 5.13 Å². The first-order valence-electron chi connectivity index (χ1n) is 6.35. The fourth-order valence-electron chi connectivity index (χ4n) is 2.03. The Balaban J connectivity index is 1.97. The van der Waals surface area contributed by atoms with Gasteiger partial charge in [-0.3, -0.25) is 10.1 Å². The molecule has 0 saturated heterocycles. The highest BCUT2D eigenvalue weighted by molar-refractivity contribution is 7.15. The number of nitrogens with zero attached hydrogens (tertiary/aromatic N) is 2. The number of hydrogen-bond donors (Lipinski definition) is 2. The fourth-order valence-corrected chi connectivity index (χ4v) is 3.07. The number of hydrogen-bond acceptors (Lipinski definition) is 5. The van der Waals surface area contributed by atoms with Gasteiger partial charge in [0.2, 0.25) is 0 Å². The van der Waals surface area contributed by atoms with Crippen LogP contribution in [0.15, 0.2) is 0 Å². The van der Waals surface area contributed by atoms with Gasteiger partial charge < -0.3 is 14.7 Å². The molecule has 0 fully saturated rings. The van der Waals surface area contributed by atoms with Gasteiger partial charge in [-0.15, -0.1) is 11.3 Å². The lowest BCUT2D eigenvalue weighted by Gasteiger charge is -2.19. The van der Waals surface area contributed by atoms with Crippen LogP contribution in [-0.2, 0) is 22.4 Å². The van der Waals surface area contributed by atoms with Crippen molar-refractivity contribution < 1.29 is 19.4 Å². The Morgan fingerprint density at radius 2 is 2.30 bits per heavy atom. The number of carboxylic acids is 1. The molecular weight excluding hydrogens is 282 g/mol. The summed E-state index contributed by atoms with van der Waals surface area (Å²) in [6.45, 7) is 0.148. The molecule has 0 atom stereocenters. The summed E-state index contributed by atoms with van der Waals surface area (Å²) in [4.78, 5) is 29.6. The van der Waals surface area contributed by atoms with Crippen molar-refractivity contribution in [2.75, 3.05) is 32.1 Å². The number of carboxylic acid groups (broad SMARTS) is 1. The van der Waals surface area contributed by atoms with Crippen molar-refractivity contribution in [2.45, 2.75) is 19.3 Å². The van der Waals surface area contributed by atoms with Crippen LogP contribution in [0.3, 0.4) is 0 Å². The van der Waals surface area contributed by atoms with Gasteiger partial charge >= 0.3 is 12.0 Å². The number of methoxy groups -OCH3 is 1. The fraction of sp³-hybridized carbons (Fsp3) is 0.583. The van der Waals surface area contributed by atoms with Crippen LogP contribution in [0.2, 0.25) is 0 Å². The molecule has 2 amide bonds. The van der Waals surface area contributed by atoms with Gasteiger partial charge in [-0.1, -0.05) is 0 Å². The first-order chi connectivity index (χ1) is 9.60. The molecule has 0 radical (unpaired) electrons. The highest BCUT2D eigenvalue weighted by Crippen LogP contribution is 2.30. The van der Waals surface area contributed by atoms with Gasteiger partial charge in [-0.25, -0.2) is 9.78 Å². The normalized spacial score (nSPS) is 13.1. The number of carbonyl (C=O) groups is 2. The average Bonchev–Trinajstić information content (AvgIpc) is 2.94. The first kappa shape index (κ1) is 14.7. The molecule has 2 rings (SSSR count). The van der Waals surface area contributed by atoms with E-state index in [0.29, 0.717) is 5.13 Å². The Bertz CT molecular complexity index is 481. The number of nitrogens with one attached hydrogen (secondary N) is 1. The molecule has 1 aliphatic carbocycles. The zero-order valence-electron chi connectivity index (χ0n) is 11.2. The number of rotatable bonds is 6. The standard InChI is InChI=1S/C12H17N3O4S/c1-19-6-5-15(7-10(16)17)12(18)14-11-13-8-3-2-4-9(8)20-11/h2-7H2,1H3,(H,16,17)(H,13,14,18). The lowest BCUT2D eigenvalue weighted by Crippen LogP contribution is -2.40. The summed E-state index contributed by atoms with van der Waals surface area (Å²) in [7, 11) is 1.50. The number of ether oxygens (including phenoxy) is 1. The van der Waals surface area contributed by atoms with Crippen LogP contribution in [-0.4, -0.2) is 53.8 Å². The highest BCUT2D eigenvalue weighted by Gasteiger charge is 2.21. The monoisotopic (exact) mass is 299 g/mol. The number of carbonyl (C=O) groups excluding carboxylic acids is 1. The lowest BCUT2D eigenvalue weighted by molar-refractivity contribution is -0.137. The van der Waals surface area contributed by atoms with Crippen molar-refractivity contribution in [1.29, 1.82) is 0 Å². The zero-order valence-corrected chi connectivity index (χ0v) is 12.0. The second-order valence-electron chi connectivity index (χ2n) is 4.48. The predicted octanol–water partition coefficient (Wildman–Crippen LogP) is 1.20. The van der Waals surface area contributed by atoms with E-state index in [1.54, 1.807) is 0 Å². The second-order valence-corrected chi connectivity index (χ2v) is 5.56. The lowest BCUT2D eigenvalue weighted by atomic mass is 10.4. The summed E-state index contributed by atoms with van der Waals surface area (Å²) < 4.78 is 4.88. The maximum atomic E-state index is 12.0. The molecule has 8 heteroatoms. The van der Waals surface area contributed by atoms with Gasteiger partial charge in [-0.05, 0) is 19.3 Å². The summed E-state index contributed by atoms with van der Waals surface area (Å²) in [5.41, 5.74) is 1.05. The summed E-state index contributed by atoms with van der Waals surface area (Å²) in [5, 5.41) is 12.0. The van der Waals surface area contributed by atoms with Gasteiger partial charge in [0.1, 0.15) is 6.54 Å². The number of aryl methyl sites for hydroxylation is 2. The quantitative estimate of drug-likeness (QED) is 0.823. The molecule has 2 N–H and O–H groups in total. The number of aromatic nitrogens is 1. The molecule has 1 aromatic heterocycles. The third-order valence-electron chi connectivity index (χ3n) is 2.99. The van der Waals surface area contributed by atoms with Crippen LogP contribution in [0, 0.1) is 0 Å². The SMILES string of the molecule is COCCN(CC(=O)O)C(=O)Nc1nc2c(s1)CCC2. The molecule has 0 saturated carbocycles. The Kier molecular flexibility index (Phi) is 4.91. The van der Waals surface area contributed by atoms with Gasteiger partial charge in [0.25, 0.3) is 0 Å². The van der Waals surface area contributed by atoms with E-state index in [1.807, 2.05) is 0 Å². The molecule has 0 bridgehead atoms. The van der Waals surface area contributed by atoms with Crippen LogP contribution in [0.4, 0.5) is 9.93 Å². The Hall–Kier alpha value is -1.67. The van der Waals surface area contributed by atoms with E-state index in [-0.39, 0.29) is 19.7 Å². The van der Waals surface area contributed by atoms with E-state index in [4.69, 9.17) is 9.84 Å². The van der Waals surface area contributed by atoms with Crippen LogP contribution >= 0.6 is 11.3 Å². The summed E-state index contributed by atoms with van der Waals surface area (Å²) in [6.07, 6.45) is 3.07. The van der Waals surface area contributed by atoms with Gasteiger partial charge in [-0.2, -0.15) is 0 Å². The van der Waals surface area contributed by atoms with Crippen LogP contribution in [0.25, 0.3) is 0 Å². The highest BCUT2D eigenvalue weighted by atomic mass is 32.1. The number of thiazole rings is 1. The summed E-state index contributed by atoms with van der Waals surface area (Å²) in [5.74, 6) is -1.06. The van der Waals surface area contributed by atoms with Gasteiger partial charge in [0, 0.05) is 18.5 Å². The van der Waals surface area contributed by atoms with Crippen LogP contribution in [0.1, 0.15) is 17.0 Å². The largest absolute Gasteiger partial charge is 0.480 e. The zero-order chi connectivity index (χ0) is 14.5. The first-order valence-corrected chi connectivity index (χ1v) is 7.17. The third-order valence-corrected chi connectivity index (χ3v) is 4.06. The molecule has 7 nitrogen and oxygen atoms in total. The van der Waals surface area contributed by atoms with Crippen molar-refractivity contribution in [1.82, 2.24) is 9.88 Å².